The SMILES string of the molecule is COc1ccc(OC)c2c1CC=C(C)C2=O. The van der Waals surface area contributed by atoms with Crippen molar-refractivity contribution in [2.45, 2.75) is 13.3 Å². The van der Waals surface area contributed by atoms with Crippen molar-refractivity contribution in [2.75, 3.05) is 14.2 Å². The van der Waals surface area contributed by atoms with Gasteiger partial charge in [-0.15, -0.1) is 0 Å². The minimum Gasteiger partial charge on any atom is -0.496 e. The Kier molecular flexibility index (Phi) is 2.69. The summed E-state index contributed by atoms with van der Waals surface area (Å²) < 4.78 is 10.5. The second kappa shape index (κ2) is 4.00. The average Bonchev–Trinajstić information content (AvgIpc) is 2.32. The molecule has 1 aliphatic rings. The van der Waals surface area contributed by atoms with Crippen molar-refractivity contribution >= 4 is 5.78 Å². The molecule has 1 aromatic rings. The first-order valence-corrected chi connectivity index (χ1v) is 5.14. The van der Waals surface area contributed by atoms with E-state index in [0.29, 0.717) is 17.7 Å². The highest BCUT2D eigenvalue weighted by Gasteiger charge is 2.24. The van der Waals surface area contributed by atoms with Crippen LogP contribution < -0.4 is 9.47 Å². The van der Waals surface area contributed by atoms with Crippen LogP contribution in [-0.4, -0.2) is 20.0 Å². The molecule has 0 amide bonds. The fraction of sp³-hybridized carbons (Fsp3) is 0.308. The van der Waals surface area contributed by atoms with Gasteiger partial charge in [0.1, 0.15) is 11.5 Å². The highest BCUT2D eigenvalue weighted by molar-refractivity contribution is 6.12. The summed E-state index contributed by atoms with van der Waals surface area (Å²) in [5.41, 5.74) is 2.32. The van der Waals surface area contributed by atoms with E-state index in [9.17, 15) is 4.79 Å². The lowest BCUT2D eigenvalue weighted by atomic mass is 9.89. The van der Waals surface area contributed by atoms with E-state index in [0.717, 1.165) is 16.9 Å². The van der Waals surface area contributed by atoms with E-state index >= 15 is 0 Å². The summed E-state index contributed by atoms with van der Waals surface area (Å²) in [6.45, 7) is 1.82. The predicted octanol–water partition coefficient (Wildman–Crippen LogP) is 2.39. The van der Waals surface area contributed by atoms with E-state index in [2.05, 4.69) is 0 Å². The van der Waals surface area contributed by atoms with Gasteiger partial charge in [-0.1, -0.05) is 6.08 Å². The zero-order valence-corrected chi connectivity index (χ0v) is 9.66. The van der Waals surface area contributed by atoms with Crippen LogP contribution in [0, 0.1) is 0 Å². The van der Waals surface area contributed by atoms with Crippen LogP contribution in [0.2, 0.25) is 0 Å². The van der Waals surface area contributed by atoms with E-state index in [1.54, 1.807) is 20.3 Å². The van der Waals surface area contributed by atoms with Gasteiger partial charge < -0.3 is 9.47 Å². The quantitative estimate of drug-likeness (QED) is 0.764. The maximum Gasteiger partial charge on any atom is 0.192 e. The Hall–Kier alpha value is -1.77. The largest absolute Gasteiger partial charge is 0.496 e. The van der Waals surface area contributed by atoms with Crippen LogP contribution in [0.25, 0.3) is 0 Å². The average molecular weight is 218 g/mol. The normalized spacial score (nSPS) is 14.2. The molecular formula is C13H14O3. The highest BCUT2D eigenvalue weighted by Crippen LogP contribution is 2.35. The molecule has 84 valence electrons. The first kappa shape index (κ1) is 10.7. The first-order chi connectivity index (χ1) is 7.69. The third-order valence-corrected chi connectivity index (χ3v) is 2.87. The number of rotatable bonds is 2. The van der Waals surface area contributed by atoms with E-state index < -0.39 is 0 Å². The van der Waals surface area contributed by atoms with Crippen molar-refractivity contribution in [1.82, 2.24) is 0 Å². The molecule has 1 aliphatic carbocycles. The molecule has 2 rings (SSSR count). The Morgan fingerprint density at radius 2 is 1.75 bits per heavy atom. The Balaban J connectivity index is 2.66. The van der Waals surface area contributed by atoms with Gasteiger partial charge in [0.05, 0.1) is 19.8 Å². The van der Waals surface area contributed by atoms with Crippen molar-refractivity contribution in [1.29, 1.82) is 0 Å². The zero-order valence-electron chi connectivity index (χ0n) is 9.66. The molecule has 0 N–H and O–H groups in total. The van der Waals surface area contributed by atoms with Gasteiger partial charge in [0.15, 0.2) is 5.78 Å². The number of Topliss-reactive ketones (excluding diaryl/α,β-unsaturated/α-hetero) is 1. The van der Waals surface area contributed by atoms with Crippen LogP contribution in [0.1, 0.15) is 22.8 Å². The van der Waals surface area contributed by atoms with E-state index in [-0.39, 0.29) is 5.78 Å². The second-order valence-corrected chi connectivity index (χ2v) is 3.74. The summed E-state index contributed by atoms with van der Waals surface area (Å²) in [5.74, 6) is 1.39. The molecule has 0 aliphatic heterocycles. The van der Waals surface area contributed by atoms with Crippen molar-refractivity contribution in [3.8, 4) is 11.5 Å². The van der Waals surface area contributed by atoms with Gasteiger partial charge in [0.25, 0.3) is 0 Å². The number of ketones is 1. The van der Waals surface area contributed by atoms with Crippen molar-refractivity contribution in [3.05, 3.63) is 34.9 Å². The third-order valence-electron chi connectivity index (χ3n) is 2.87. The molecule has 0 spiro atoms. The van der Waals surface area contributed by atoms with Crippen LogP contribution in [0.4, 0.5) is 0 Å². The number of hydrogen-bond donors (Lipinski definition) is 0. The number of hydrogen-bond acceptors (Lipinski definition) is 3. The molecule has 16 heavy (non-hydrogen) atoms. The topological polar surface area (TPSA) is 35.5 Å². The number of methoxy groups -OCH3 is 2. The molecular weight excluding hydrogens is 204 g/mol. The van der Waals surface area contributed by atoms with Crippen LogP contribution in [0.3, 0.4) is 0 Å². The fourth-order valence-corrected chi connectivity index (χ4v) is 1.97. The number of carbonyl (C=O) groups excluding carboxylic acids is 1. The minimum absolute atomic E-state index is 0.0250. The molecule has 0 aromatic heterocycles. The van der Waals surface area contributed by atoms with Crippen LogP contribution in [-0.2, 0) is 6.42 Å². The predicted molar refractivity (Wildman–Crippen MR) is 61.3 cm³/mol. The summed E-state index contributed by atoms with van der Waals surface area (Å²) in [7, 11) is 3.18. The smallest absolute Gasteiger partial charge is 0.192 e. The molecule has 0 saturated carbocycles. The fourth-order valence-electron chi connectivity index (χ4n) is 1.97. The summed E-state index contributed by atoms with van der Waals surface area (Å²) in [6.07, 6.45) is 2.64. The lowest BCUT2D eigenvalue weighted by molar-refractivity contribution is 0.102. The first-order valence-electron chi connectivity index (χ1n) is 5.14. The van der Waals surface area contributed by atoms with E-state index in [1.807, 2.05) is 19.1 Å². The minimum atomic E-state index is 0.0250. The maximum absolute atomic E-state index is 12.1. The molecule has 0 atom stereocenters. The van der Waals surface area contributed by atoms with Gasteiger partial charge in [0, 0.05) is 5.56 Å². The molecule has 3 heteroatoms. The molecule has 1 aromatic carbocycles. The number of ether oxygens (including phenoxy) is 2. The zero-order chi connectivity index (χ0) is 11.7. The van der Waals surface area contributed by atoms with Gasteiger partial charge in [-0.05, 0) is 31.1 Å². The Labute approximate surface area is 94.7 Å². The van der Waals surface area contributed by atoms with E-state index in [1.165, 1.54) is 0 Å². The maximum atomic E-state index is 12.1. The summed E-state index contributed by atoms with van der Waals surface area (Å²) >= 11 is 0. The van der Waals surface area contributed by atoms with Crippen LogP contribution in [0.5, 0.6) is 11.5 Å². The Morgan fingerprint density at radius 1 is 1.12 bits per heavy atom. The number of allylic oxidation sites excluding steroid dienone is 2. The third kappa shape index (κ3) is 1.48. The van der Waals surface area contributed by atoms with Gasteiger partial charge in [0.2, 0.25) is 0 Å². The Morgan fingerprint density at radius 3 is 2.38 bits per heavy atom. The van der Waals surface area contributed by atoms with Gasteiger partial charge in [-0.3, -0.25) is 4.79 Å². The van der Waals surface area contributed by atoms with Gasteiger partial charge in [-0.25, -0.2) is 0 Å². The standard InChI is InChI=1S/C13H14O3/c1-8-4-5-9-10(15-2)6-7-11(16-3)12(9)13(8)14/h4,6-7H,5H2,1-3H3. The van der Waals surface area contributed by atoms with Crippen molar-refractivity contribution in [2.24, 2.45) is 0 Å². The van der Waals surface area contributed by atoms with Crippen LogP contribution >= 0.6 is 0 Å². The van der Waals surface area contributed by atoms with Crippen molar-refractivity contribution < 1.29 is 14.3 Å². The number of benzene rings is 1. The lowest BCUT2D eigenvalue weighted by Crippen LogP contribution is -2.13. The number of fused-ring (bicyclic) bond motifs is 1. The van der Waals surface area contributed by atoms with Gasteiger partial charge in [-0.2, -0.15) is 0 Å². The van der Waals surface area contributed by atoms with Gasteiger partial charge >= 0.3 is 0 Å². The van der Waals surface area contributed by atoms with Crippen molar-refractivity contribution in [3.63, 3.8) is 0 Å². The summed E-state index contributed by atoms with van der Waals surface area (Å²) in [6, 6.07) is 3.60. The molecule has 0 bridgehead atoms. The summed E-state index contributed by atoms with van der Waals surface area (Å²) in [4.78, 5) is 12.1. The Bertz CT molecular complexity index is 472. The molecule has 0 fully saturated rings. The highest BCUT2D eigenvalue weighted by atomic mass is 16.5. The van der Waals surface area contributed by atoms with Crippen LogP contribution in [0.15, 0.2) is 23.8 Å². The molecule has 0 unspecified atom stereocenters. The molecule has 0 radical (unpaired) electrons. The summed E-state index contributed by atoms with van der Waals surface area (Å²) in [5, 5.41) is 0. The monoisotopic (exact) mass is 218 g/mol. The number of carbonyl (C=O) groups is 1. The molecule has 3 nitrogen and oxygen atoms in total. The molecule has 0 heterocycles. The lowest BCUT2D eigenvalue weighted by Gasteiger charge is -2.19. The second-order valence-electron chi connectivity index (χ2n) is 3.74. The van der Waals surface area contributed by atoms with E-state index in [4.69, 9.17) is 9.47 Å². The molecule has 0 saturated heterocycles.